The van der Waals surface area contributed by atoms with Crippen LogP contribution < -0.4 is 10.9 Å². The number of aromatic nitrogens is 5. The summed E-state index contributed by atoms with van der Waals surface area (Å²) in [4.78, 5) is 27.4. The summed E-state index contributed by atoms with van der Waals surface area (Å²) in [7, 11) is 0. The van der Waals surface area contributed by atoms with E-state index < -0.39 is 0 Å². The minimum atomic E-state index is -0.214. The van der Waals surface area contributed by atoms with Gasteiger partial charge in [-0.15, -0.1) is 0 Å². The van der Waals surface area contributed by atoms with Crippen molar-refractivity contribution in [2.45, 2.75) is 25.5 Å². The van der Waals surface area contributed by atoms with E-state index in [1.165, 1.54) is 6.33 Å². The number of H-pyrrole nitrogens is 1. The van der Waals surface area contributed by atoms with Crippen LogP contribution in [-0.4, -0.2) is 31.1 Å². The molecule has 3 aromatic heterocycles. The van der Waals surface area contributed by atoms with Gasteiger partial charge in [0.15, 0.2) is 17.0 Å². The number of anilines is 2. The lowest BCUT2D eigenvalue weighted by atomic mass is 10.2. The maximum Gasteiger partial charge on any atom is 0.271 e. The van der Waals surface area contributed by atoms with Gasteiger partial charge in [-0.25, -0.2) is 15.0 Å². The van der Waals surface area contributed by atoms with E-state index in [9.17, 15) is 4.79 Å². The number of imidazole rings is 1. The van der Waals surface area contributed by atoms with Crippen LogP contribution >= 0.6 is 0 Å². The lowest BCUT2D eigenvalue weighted by molar-refractivity contribution is -0.0298. The predicted octanol–water partition coefficient (Wildman–Crippen LogP) is 1.96. The van der Waals surface area contributed by atoms with Gasteiger partial charge in [0.2, 0.25) is 0 Å². The largest absolute Gasteiger partial charge is 0.358 e. The number of ether oxygens (including phenoxy) is 1. The first kappa shape index (κ1) is 13.9. The molecule has 1 fully saturated rings. The van der Waals surface area contributed by atoms with Crippen molar-refractivity contribution in [2.24, 2.45) is 0 Å². The summed E-state index contributed by atoms with van der Waals surface area (Å²) in [5.74, 6) is 0.501. The van der Waals surface area contributed by atoms with Crippen molar-refractivity contribution in [3.05, 3.63) is 41.3 Å². The van der Waals surface area contributed by atoms with Gasteiger partial charge in [-0.1, -0.05) is 0 Å². The molecule has 1 saturated heterocycles. The SMILES string of the molecule is O=c1[nH]cccc1Nc1ncnc2c1ncn2C1CCCCO1. The van der Waals surface area contributed by atoms with Crippen molar-refractivity contribution in [2.75, 3.05) is 11.9 Å². The topological polar surface area (TPSA) is 97.7 Å². The van der Waals surface area contributed by atoms with Crippen LogP contribution in [0.3, 0.4) is 0 Å². The number of rotatable bonds is 3. The molecule has 1 atom stereocenters. The highest BCUT2D eigenvalue weighted by molar-refractivity contribution is 5.84. The molecule has 1 aliphatic rings. The predicted molar refractivity (Wildman–Crippen MR) is 84.5 cm³/mol. The van der Waals surface area contributed by atoms with E-state index in [1.807, 2.05) is 4.57 Å². The van der Waals surface area contributed by atoms with E-state index in [0.29, 0.717) is 22.7 Å². The zero-order valence-corrected chi connectivity index (χ0v) is 12.4. The average molecular weight is 312 g/mol. The molecule has 4 heterocycles. The minimum Gasteiger partial charge on any atom is -0.358 e. The molecule has 3 aromatic rings. The molecule has 0 spiro atoms. The fourth-order valence-corrected chi connectivity index (χ4v) is 2.74. The quantitative estimate of drug-likeness (QED) is 0.767. The average Bonchev–Trinajstić information content (AvgIpc) is 3.03. The van der Waals surface area contributed by atoms with E-state index in [-0.39, 0.29) is 11.8 Å². The molecule has 23 heavy (non-hydrogen) atoms. The number of hydrogen-bond donors (Lipinski definition) is 2. The highest BCUT2D eigenvalue weighted by Crippen LogP contribution is 2.27. The van der Waals surface area contributed by atoms with Crippen LogP contribution in [0.5, 0.6) is 0 Å². The normalized spacial score (nSPS) is 18.2. The summed E-state index contributed by atoms with van der Waals surface area (Å²) in [6.45, 7) is 0.750. The Hall–Kier alpha value is -2.74. The van der Waals surface area contributed by atoms with Gasteiger partial charge in [-0.3, -0.25) is 9.36 Å². The zero-order valence-electron chi connectivity index (χ0n) is 12.4. The second kappa shape index (κ2) is 5.81. The molecule has 8 nitrogen and oxygen atoms in total. The standard InChI is InChI=1S/C15H16N6O2/c22-15-10(4-3-6-16-15)20-13-12-14(18-8-17-13)21(9-19-12)11-5-1-2-7-23-11/h3-4,6,8-9,11H,1-2,5,7H2,(H,16,22)(H,17,18,20). The van der Waals surface area contributed by atoms with Crippen molar-refractivity contribution in [3.8, 4) is 0 Å². The van der Waals surface area contributed by atoms with E-state index >= 15 is 0 Å². The number of nitrogens with zero attached hydrogens (tertiary/aromatic N) is 4. The summed E-state index contributed by atoms with van der Waals surface area (Å²) in [5.41, 5.74) is 1.51. The Labute approximate surface area is 131 Å². The van der Waals surface area contributed by atoms with Gasteiger partial charge < -0.3 is 15.0 Å². The molecule has 8 heteroatoms. The van der Waals surface area contributed by atoms with E-state index in [2.05, 4.69) is 25.3 Å². The fraction of sp³-hybridized carbons (Fsp3) is 0.333. The zero-order chi connectivity index (χ0) is 15.6. The first-order valence-corrected chi connectivity index (χ1v) is 7.57. The van der Waals surface area contributed by atoms with Gasteiger partial charge in [0, 0.05) is 12.8 Å². The lowest BCUT2D eigenvalue weighted by Gasteiger charge is -2.23. The Morgan fingerprint density at radius 3 is 3.09 bits per heavy atom. The lowest BCUT2D eigenvalue weighted by Crippen LogP contribution is -2.17. The summed E-state index contributed by atoms with van der Waals surface area (Å²) >= 11 is 0. The third kappa shape index (κ3) is 2.57. The summed E-state index contributed by atoms with van der Waals surface area (Å²) in [6, 6.07) is 3.44. The van der Waals surface area contributed by atoms with Crippen molar-refractivity contribution in [1.82, 2.24) is 24.5 Å². The Bertz CT molecular complexity index is 881. The second-order valence-electron chi connectivity index (χ2n) is 5.41. The maximum absolute atomic E-state index is 11.8. The maximum atomic E-state index is 11.8. The number of nitrogens with one attached hydrogen (secondary N) is 2. The summed E-state index contributed by atoms with van der Waals surface area (Å²) in [6.07, 6.45) is 7.87. The van der Waals surface area contributed by atoms with E-state index in [0.717, 1.165) is 25.9 Å². The van der Waals surface area contributed by atoms with Crippen molar-refractivity contribution >= 4 is 22.7 Å². The molecular weight excluding hydrogens is 296 g/mol. The highest BCUT2D eigenvalue weighted by atomic mass is 16.5. The number of fused-ring (bicyclic) bond motifs is 1. The fourth-order valence-electron chi connectivity index (χ4n) is 2.74. The Balaban J connectivity index is 1.73. The number of pyridine rings is 1. The van der Waals surface area contributed by atoms with Gasteiger partial charge in [0.05, 0.1) is 6.33 Å². The molecule has 0 saturated carbocycles. The Morgan fingerprint density at radius 1 is 1.30 bits per heavy atom. The first-order valence-electron chi connectivity index (χ1n) is 7.57. The molecule has 2 N–H and O–H groups in total. The van der Waals surface area contributed by atoms with E-state index in [1.54, 1.807) is 24.7 Å². The highest BCUT2D eigenvalue weighted by Gasteiger charge is 2.20. The van der Waals surface area contributed by atoms with Crippen LogP contribution in [0.2, 0.25) is 0 Å². The molecule has 0 aromatic carbocycles. The van der Waals surface area contributed by atoms with Crippen molar-refractivity contribution in [3.63, 3.8) is 0 Å². The van der Waals surface area contributed by atoms with Gasteiger partial charge in [-0.05, 0) is 31.4 Å². The minimum absolute atomic E-state index is 0.0448. The second-order valence-corrected chi connectivity index (χ2v) is 5.41. The van der Waals surface area contributed by atoms with Crippen LogP contribution in [0.1, 0.15) is 25.5 Å². The van der Waals surface area contributed by atoms with Crippen molar-refractivity contribution in [1.29, 1.82) is 0 Å². The molecule has 0 amide bonds. The summed E-state index contributed by atoms with van der Waals surface area (Å²) in [5, 5.41) is 3.02. The monoisotopic (exact) mass is 312 g/mol. The number of hydrogen-bond acceptors (Lipinski definition) is 6. The Morgan fingerprint density at radius 2 is 2.26 bits per heavy atom. The van der Waals surface area contributed by atoms with Gasteiger partial charge in [-0.2, -0.15) is 0 Å². The molecule has 0 bridgehead atoms. The molecule has 0 aliphatic carbocycles. The van der Waals surface area contributed by atoms with Crippen LogP contribution in [0, 0.1) is 0 Å². The van der Waals surface area contributed by atoms with Gasteiger partial charge >= 0.3 is 0 Å². The number of aromatic amines is 1. The van der Waals surface area contributed by atoms with Crippen LogP contribution in [-0.2, 0) is 4.74 Å². The van der Waals surface area contributed by atoms with Crippen LogP contribution in [0.4, 0.5) is 11.5 Å². The Kier molecular flexibility index (Phi) is 3.51. The molecule has 4 rings (SSSR count). The van der Waals surface area contributed by atoms with Crippen molar-refractivity contribution < 1.29 is 4.74 Å². The van der Waals surface area contributed by atoms with Crippen LogP contribution in [0.15, 0.2) is 35.8 Å². The first-order chi connectivity index (χ1) is 11.3. The third-order valence-electron chi connectivity index (χ3n) is 3.90. The van der Waals surface area contributed by atoms with Crippen LogP contribution in [0.25, 0.3) is 11.2 Å². The van der Waals surface area contributed by atoms with Gasteiger partial charge in [0.25, 0.3) is 5.56 Å². The van der Waals surface area contributed by atoms with Gasteiger partial charge in [0.1, 0.15) is 18.2 Å². The molecule has 1 unspecified atom stereocenters. The summed E-state index contributed by atoms with van der Waals surface area (Å²) < 4.78 is 7.72. The molecule has 0 radical (unpaired) electrons. The third-order valence-corrected chi connectivity index (χ3v) is 3.90. The van der Waals surface area contributed by atoms with E-state index in [4.69, 9.17) is 4.74 Å². The molecule has 118 valence electrons. The molecule has 1 aliphatic heterocycles. The molecular formula is C15H16N6O2. The smallest absolute Gasteiger partial charge is 0.271 e.